The molecule has 1 aliphatic heterocycles. The minimum absolute atomic E-state index is 0.0153. The van der Waals surface area contributed by atoms with Crippen molar-refractivity contribution in [3.8, 4) is 23.0 Å². The fourth-order valence-electron chi connectivity index (χ4n) is 3.67. The smallest absolute Gasteiger partial charge is 0.260 e. The topological polar surface area (TPSA) is 77.7 Å². The lowest BCUT2D eigenvalue weighted by molar-refractivity contribution is -0.134. The largest absolute Gasteiger partial charge is 0.497 e. The van der Waals surface area contributed by atoms with Gasteiger partial charge in [-0.15, -0.1) is 0 Å². The van der Waals surface area contributed by atoms with E-state index in [0.29, 0.717) is 35.6 Å². The summed E-state index contributed by atoms with van der Waals surface area (Å²) in [6.07, 6.45) is 1.78. The maximum absolute atomic E-state index is 12.7. The molecule has 0 spiro atoms. The molecule has 1 amide bonds. The maximum atomic E-state index is 12.7. The van der Waals surface area contributed by atoms with Crippen molar-refractivity contribution in [2.75, 3.05) is 26.8 Å². The summed E-state index contributed by atoms with van der Waals surface area (Å²) < 4.78 is 16.4. The lowest BCUT2D eigenvalue weighted by atomic mass is 9.97. The van der Waals surface area contributed by atoms with Crippen LogP contribution in [0.2, 0.25) is 5.02 Å². The number of carbonyl (C=O) groups is 1. The zero-order valence-electron chi connectivity index (χ0n) is 17.5. The van der Waals surface area contributed by atoms with Crippen LogP contribution in [0.15, 0.2) is 47.0 Å². The van der Waals surface area contributed by atoms with Gasteiger partial charge in [-0.3, -0.25) is 4.79 Å². The highest BCUT2D eigenvalue weighted by molar-refractivity contribution is 6.30. The average Bonchev–Trinajstić information content (AvgIpc) is 3.29. The van der Waals surface area contributed by atoms with Gasteiger partial charge in [-0.2, -0.15) is 4.98 Å². The van der Waals surface area contributed by atoms with Crippen LogP contribution in [0, 0.1) is 6.92 Å². The van der Waals surface area contributed by atoms with E-state index in [1.54, 1.807) is 19.2 Å². The van der Waals surface area contributed by atoms with Crippen LogP contribution in [0.5, 0.6) is 11.5 Å². The molecule has 4 rings (SSSR count). The third-order valence-electron chi connectivity index (χ3n) is 5.41. The summed E-state index contributed by atoms with van der Waals surface area (Å²) in [5, 5.41) is 4.81. The number of halogens is 1. The zero-order chi connectivity index (χ0) is 21.8. The van der Waals surface area contributed by atoms with Crippen LogP contribution in [0.3, 0.4) is 0 Å². The third-order valence-corrected chi connectivity index (χ3v) is 5.64. The van der Waals surface area contributed by atoms with E-state index in [4.69, 9.17) is 25.6 Å². The molecule has 0 unspecified atom stereocenters. The number of likely N-dealkylation sites (tertiary alicyclic amines) is 1. The molecule has 2 aromatic carbocycles. The summed E-state index contributed by atoms with van der Waals surface area (Å²) in [6, 6.07) is 12.8. The number of benzene rings is 2. The number of hydrogen-bond acceptors (Lipinski definition) is 6. The van der Waals surface area contributed by atoms with Crippen LogP contribution < -0.4 is 9.47 Å². The van der Waals surface area contributed by atoms with Crippen molar-refractivity contribution in [3.63, 3.8) is 0 Å². The number of methoxy groups -OCH3 is 1. The summed E-state index contributed by atoms with van der Waals surface area (Å²) in [5.74, 6) is 2.48. The number of amides is 1. The number of carbonyl (C=O) groups excluding carboxylic acids is 1. The Kier molecular flexibility index (Phi) is 6.42. The number of hydrogen-bond donors (Lipinski definition) is 0. The van der Waals surface area contributed by atoms with Gasteiger partial charge in [0, 0.05) is 29.6 Å². The molecule has 0 N–H and O–H groups in total. The average molecular weight is 442 g/mol. The number of ether oxygens (including phenoxy) is 2. The summed E-state index contributed by atoms with van der Waals surface area (Å²) in [5.41, 5.74) is 1.73. The first-order chi connectivity index (χ1) is 15.0. The quantitative estimate of drug-likeness (QED) is 0.560. The van der Waals surface area contributed by atoms with Crippen molar-refractivity contribution >= 4 is 17.5 Å². The molecule has 1 fully saturated rings. The molecule has 1 saturated heterocycles. The van der Waals surface area contributed by atoms with Gasteiger partial charge in [0.1, 0.15) is 11.5 Å². The highest BCUT2D eigenvalue weighted by Crippen LogP contribution is 2.28. The molecule has 1 atom stereocenters. The molecule has 0 aliphatic carbocycles. The van der Waals surface area contributed by atoms with Crippen LogP contribution in [0.1, 0.15) is 30.1 Å². The Morgan fingerprint density at radius 3 is 2.81 bits per heavy atom. The summed E-state index contributed by atoms with van der Waals surface area (Å²) in [7, 11) is 1.62. The number of aromatic nitrogens is 2. The van der Waals surface area contributed by atoms with Crippen LogP contribution in [-0.4, -0.2) is 47.8 Å². The van der Waals surface area contributed by atoms with Gasteiger partial charge in [-0.25, -0.2) is 0 Å². The molecule has 8 heteroatoms. The van der Waals surface area contributed by atoms with E-state index in [1.807, 2.05) is 42.2 Å². The van der Waals surface area contributed by atoms with E-state index in [-0.39, 0.29) is 18.4 Å². The van der Waals surface area contributed by atoms with Crippen molar-refractivity contribution in [1.29, 1.82) is 0 Å². The predicted molar refractivity (Wildman–Crippen MR) is 117 cm³/mol. The Morgan fingerprint density at radius 2 is 2.06 bits per heavy atom. The van der Waals surface area contributed by atoms with E-state index in [9.17, 15) is 4.79 Å². The van der Waals surface area contributed by atoms with Crippen LogP contribution >= 0.6 is 11.6 Å². The Labute approximate surface area is 185 Å². The zero-order valence-corrected chi connectivity index (χ0v) is 18.3. The molecular weight excluding hydrogens is 418 g/mol. The van der Waals surface area contributed by atoms with Crippen molar-refractivity contribution in [2.45, 2.75) is 25.7 Å². The molecule has 2 heterocycles. The van der Waals surface area contributed by atoms with Crippen LogP contribution in [-0.2, 0) is 4.79 Å². The second-order valence-electron chi connectivity index (χ2n) is 7.56. The van der Waals surface area contributed by atoms with Gasteiger partial charge in [0.2, 0.25) is 0 Å². The van der Waals surface area contributed by atoms with E-state index in [1.165, 1.54) is 0 Å². The number of rotatable bonds is 6. The maximum Gasteiger partial charge on any atom is 0.260 e. The van der Waals surface area contributed by atoms with E-state index in [2.05, 4.69) is 10.1 Å². The van der Waals surface area contributed by atoms with E-state index < -0.39 is 0 Å². The molecule has 0 saturated carbocycles. The van der Waals surface area contributed by atoms with Crippen LogP contribution in [0.25, 0.3) is 11.5 Å². The minimum atomic E-state index is -0.0575. The van der Waals surface area contributed by atoms with Crippen molar-refractivity contribution in [2.24, 2.45) is 0 Å². The number of nitrogens with zero attached hydrogens (tertiary/aromatic N) is 3. The van der Waals surface area contributed by atoms with Gasteiger partial charge >= 0.3 is 0 Å². The highest BCUT2D eigenvalue weighted by Gasteiger charge is 2.28. The van der Waals surface area contributed by atoms with Gasteiger partial charge in [0.05, 0.1) is 7.11 Å². The fourth-order valence-corrected chi connectivity index (χ4v) is 3.90. The van der Waals surface area contributed by atoms with Gasteiger partial charge in [-0.05, 0) is 67.8 Å². The Hall–Kier alpha value is -3.06. The second kappa shape index (κ2) is 9.39. The van der Waals surface area contributed by atoms with Gasteiger partial charge in [-0.1, -0.05) is 16.8 Å². The molecule has 162 valence electrons. The van der Waals surface area contributed by atoms with Crippen molar-refractivity contribution in [1.82, 2.24) is 15.0 Å². The standard InChI is InChI=1S/C23H24ClN3O4/c1-15-12-18(24)7-10-20(15)30-14-21(28)27-11-3-4-17(13-27)22-25-23(31-26-22)16-5-8-19(29-2)9-6-16/h5-10,12,17H,3-4,11,13-14H2,1-2H3/t17-/m0/s1. The molecule has 7 nitrogen and oxygen atoms in total. The molecule has 31 heavy (non-hydrogen) atoms. The summed E-state index contributed by atoms with van der Waals surface area (Å²) in [4.78, 5) is 19.1. The predicted octanol–water partition coefficient (Wildman–Crippen LogP) is 4.49. The Morgan fingerprint density at radius 1 is 1.26 bits per heavy atom. The third kappa shape index (κ3) is 4.99. The molecule has 0 bridgehead atoms. The number of aryl methyl sites for hydroxylation is 1. The molecular formula is C23H24ClN3O4. The Balaban J connectivity index is 1.37. The highest BCUT2D eigenvalue weighted by atomic mass is 35.5. The lowest BCUT2D eigenvalue weighted by Crippen LogP contribution is -2.41. The lowest BCUT2D eigenvalue weighted by Gasteiger charge is -2.31. The Bertz CT molecular complexity index is 1050. The normalized spacial score (nSPS) is 16.2. The van der Waals surface area contributed by atoms with Crippen molar-refractivity contribution < 1.29 is 18.8 Å². The van der Waals surface area contributed by atoms with E-state index in [0.717, 1.165) is 29.7 Å². The first kappa shape index (κ1) is 21.2. The van der Waals surface area contributed by atoms with Gasteiger partial charge in [0.25, 0.3) is 11.8 Å². The van der Waals surface area contributed by atoms with Gasteiger partial charge in [0.15, 0.2) is 12.4 Å². The molecule has 3 aromatic rings. The van der Waals surface area contributed by atoms with E-state index >= 15 is 0 Å². The van der Waals surface area contributed by atoms with Gasteiger partial charge < -0.3 is 18.9 Å². The first-order valence-corrected chi connectivity index (χ1v) is 10.6. The molecule has 0 radical (unpaired) electrons. The fraction of sp³-hybridized carbons (Fsp3) is 0.348. The molecule has 1 aliphatic rings. The monoisotopic (exact) mass is 441 g/mol. The summed E-state index contributed by atoms with van der Waals surface area (Å²) in [6.45, 7) is 3.13. The summed E-state index contributed by atoms with van der Waals surface area (Å²) >= 11 is 5.97. The van der Waals surface area contributed by atoms with Crippen molar-refractivity contribution in [3.05, 3.63) is 58.9 Å². The van der Waals surface area contributed by atoms with Crippen LogP contribution in [0.4, 0.5) is 0 Å². The first-order valence-electron chi connectivity index (χ1n) is 10.2. The number of piperidine rings is 1. The minimum Gasteiger partial charge on any atom is -0.497 e. The second-order valence-corrected chi connectivity index (χ2v) is 8.00. The molecule has 1 aromatic heterocycles. The SMILES string of the molecule is COc1ccc(-c2nc([C@H]3CCCN(C(=O)COc4ccc(Cl)cc4C)C3)no2)cc1.